The van der Waals surface area contributed by atoms with Gasteiger partial charge in [0.2, 0.25) is 0 Å². The van der Waals surface area contributed by atoms with Crippen molar-refractivity contribution in [2.45, 2.75) is 25.4 Å². The average molecular weight is 463 g/mol. The van der Waals surface area contributed by atoms with Crippen LogP contribution in [0.15, 0.2) is 22.7 Å². The SMILES string of the molecule is CC(C)(OC(=O)c1cc(Br)cc(I)c1)C(F)(F)C(=O)O. The standard InChI is InChI=1S/C12H10BrF2IO4/c1-11(2,12(14,15)10(18)19)20-9(17)6-3-7(13)5-8(16)4-6/h3-5H,1-2H3,(H,18,19). The second-order valence-electron chi connectivity index (χ2n) is 4.44. The van der Waals surface area contributed by atoms with Crippen LogP contribution in [0.3, 0.4) is 0 Å². The lowest BCUT2D eigenvalue weighted by Crippen LogP contribution is -2.51. The Morgan fingerprint density at radius 3 is 2.30 bits per heavy atom. The van der Waals surface area contributed by atoms with E-state index in [4.69, 9.17) is 5.11 Å². The van der Waals surface area contributed by atoms with Gasteiger partial charge in [-0.15, -0.1) is 0 Å². The number of benzene rings is 1. The monoisotopic (exact) mass is 462 g/mol. The molecular formula is C12H10BrF2IO4. The molecule has 0 amide bonds. The molecule has 0 unspecified atom stereocenters. The molecule has 4 nitrogen and oxygen atoms in total. The highest BCUT2D eigenvalue weighted by molar-refractivity contribution is 14.1. The van der Waals surface area contributed by atoms with Crippen LogP contribution in [0.25, 0.3) is 0 Å². The first-order valence-corrected chi connectivity index (χ1v) is 7.15. The zero-order chi connectivity index (χ0) is 15.7. The highest BCUT2D eigenvalue weighted by Gasteiger charge is 2.56. The molecule has 0 bridgehead atoms. The van der Waals surface area contributed by atoms with Crippen molar-refractivity contribution in [2.75, 3.05) is 0 Å². The van der Waals surface area contributed by atoms with E-state index in [1.165, 1.54) is 12.1 Å². The van der Waals surface area contributed by atoms with Crippen LogP contribution >= 0.6 is 38.5 Å². The quantitative estimate of drug-likeness (QED) is 0.547. The van der Waals surface area contributed by atoms with Gasteiger partial charge < -0.3 is 9.84 Å². The summed E-state index contributed by atoms with van der Waals surface area (Å²) < 4.78 is 32.9. The molecule has 1 aromatic carbocycles. The van der Waals surface area contributed by atoms with E-state index < -0.39 is 23.5 Å². The van der Waals surface area contributed by atoms with Gasteiger partial charge in [-0.2, -0.15) is 8.78 Å². The number of hydrogen-bond acceptors (Lipinski definition) is 3. The summed E-state index contributed by atoms with van der Waals surface area (Å²) in [4.78, 5) is 22.4. The van der Waals surface area contributed by atoms with Crippen LogP contribution in [-0.4, -0.2) is 28.6 Å². The van der Waals surface area contributed by atoms with Crippen LogP contribution in [0.2, 0.25) is 0 Å². The van der Waals surface area contributed by atoms with E-state index >= 15 is 0 Å². The normalized spacial score (nSPS) is 12.1. The Labute approximate surface area is 135 Å². The third kappa shape index (κ3) is 3.66. The topological polar surface area (TPSA) is 63.6 Å². The van der Waals surface area contributed by atoms with Crippen LogP contribution in [0.5, 0.6) is 0 Å². The van der Waals surface area contributed by atoms with Gasteiger partial charge in [0, 0.05) is 8.04 Å². The van der Waals surface area contributed by atoms with Crippen molar-refractivity contribution in [3.05, 3.63) is 31.8 Å². The molecule has 1 N–H and O–H groups in total. The fourth-order valence-electron chi connectivity index (χ4n) is 1.28. The number of carboxylic acids is 1. The van der Waals surface area contributed by atoms with Crippen LogP contribution in [0.4, 0.5) is 8.78 Å². The van der Waals surface area contributed by atoms with Crippen LogP contribution in [0, 0.1) is 3.57 Å². The Morgan fingerprint density at radius 2 is 1.85 bits per heavy atom. The smallest absolute Gasteiger partial charge is 0.380 e. The van der Waals surface area contributed by atoms with E-state index in [9.17, 15) is 18.4 Å². The van der Waals surface area contributed by atoms with E-state index in [-0.39, 0.29) is 5.56 Å². The molecule has 1 aromatic rings. The number of aliphatic carboxylic acids is 1. The molecule has 0 aromatic heterocycles. The number of rotatable bonds is 4. The maximum Gasteiger partial charge on any atom is 0.380 e. The molecule has 1 rings (SSSR count). The van der Waals surface area contributed by atoms with Gasteiger partial charge in [0.05, 0.1) is 5.56 Å². The predicted octanol–water partition coefficient (Wildman–Crippen LogP) is 3.71. The number of hydrogen-bond donors (Lipinski definition) is 1. The van der Waals surface area contributed by atoms with E-state index in [2.05, 4.69) is 20.7 Å². The Hall–Kier alpha value is -0.770. The summed E-state index contributed by atoms with van der Waals surface area (Å²) in [6, 6.07) is 4.57. The zero-order valence-electron chi connectivity index (χ0n) is 10.4. The summed E-state index contributed by atoms with van der Waals surface area (Å²) in [6.07, 6.45) is 0. The first-order valence-electron chi connectivity index (χ1n) is 5.28. The second-order valence-corrected chi connectivity index (χ2v) is 6.60. The van der Waals surface area contributed by atoms with Crippen LogP contribution in [0.1, 0.15) is 24.2 Å². The molecule has 0 aliphatic carbocycles. The first-order chi connectivity index (χ1) is 8.97. The first kappa shape index (κ1) is 17.3. The lowest BCUT2D eigenvalue weighted by molar-refractivity contribution is -0.200. The molecule has 20 heavy (non-hydrogen) atoms. The number of halogens is 4. The number of alkyl halides is 2. The van der Waals surface area contributed by atoms with Gasteiger partial charge in [-0.1, -0.05) is 15.9 Å². The minimum Gasteiger partial charge on any atom is -0.477 e. The van der Waals surface area contributed by atoms with Crippen LogP contribution < -0.4 is 0 Å². The Kier molecular flexibility index (Phi) is 5.12. The summed E-state index contributed by atoms with van der Waals surface area (Å²) >= 11 is 5.12. The van der Waals surface area contributed by atoms with Crippen molar-refractivity contribution in [3.63, 3.8) is 0 Å². The average Bonchev–Trinajstić information content (AvgIpc) is 2.26. The molecule has 0 heterocycles. The largest absolute Gasteiger partial charge is 0.477 e. The fourth-order valence-corrected chi connectivity index (χ4v) is 2.88. The van der Waals surface area contributed by atoms with Gasteiger partial charge in [-0.3, -0.25) is 0 Å². The minimum atomic E-state index is -4.19. The number of ether oxygens (including phenoxy) is 1. The minimum absolute atomic E-state index is 0.0537. The molecule has 0 fully saturated rings. The van der Waals surface area contributed by atoms with Crippen molar-refractivity contribution in [1.82, 2.24) is 0 Å². The highest BCUT2D eigenvalue weighted by Crippen LogP contribution is 2.33. The molecule has 8 heteroatoms. The molecule has 0 aliphatic heterocycles. The van der Waals surface area contributed by atoms with Gasteiger partial charge >= 0.3 is 17.9 Å². The number of carboxylic acid groups (broad SMARTS) is 1. The molecule has 0 saturated heterocycles. The number of carbonyl (C=O) groups excluding carboxylic acids is 1. The van der Waals surface area contributed by atoms with E-state index in [1.54, 1.807) is 6.07 Å². The maximum atomic E-state index is 13.5. The highest BCUT2D eigenvalue weighted by atomic mass is 127. The molecule has 0 spiro atoms. The summed E-state index contributed by atoms with van der Waals surface area (Å²) in [7, 11) is 0. The Morgan fingerprint density at radius 1 is 1.30 bits per heavy atom. The lowest BCUT2D eigenvalue weighted by Gasteiger charge is -2.30. The summed E-state index contributed by atoms with van der Waals surface area (Å²) in [5.74, 6) is -7.56. The fraction of sp³-hybridized carbons (Fsp3) is 0.333. The zero-order valence-corrected chi connectivity index (χ0v) is 14.2. The van der Waals surface area contributed by atoms with Gasteiger partial charge in [-0.05, 0) is 54.6 Å². The number of esters is 1. The Bertz CT molecular complexity index is 540. The van der Waals surface area contributed by atoms with Gasteiger partial charge in [0.1, 0.15) is 0 Å². The van der Waals surface area contributed by atoms with Crippen molar-refractivity contribution in [2.24, 2.45) is 0 Å². The van der Waals surface area contributed by atoms with Gasteiger partial charge in [0.25, 0.3) is 0 Å². The van der Waals surface area contributed by atoms with Crippen molar-refractivity contribution in [3.8, 4) is 0 Å². The third-order valence-corrected chi connectivity index (χ3v) is 3.55. The summed E-state index contributed by atoms with van der Waals surface area (Å²) in [6.45, 7) is 1.70. The van der Waals surface area contributed by atoms with E-state index in [1.807, 2.05) is 22.6 Å². The third-order valence-electron chi connectivity index (χ3n) is 2.47. The maximum absolute atomic E-state index is 13.5. The van der Waals surface area contributed by atoms with Crippen molar-refractivity contribution in [1.29, 1.82) is 0 Å². The van der Waals surface area contributed by atoms with Crippen LogP contribution in [-0.2, 0) is 9.53 Å². The van der Waals surface area contributed by atoms with Gasteiger partial charge in [0.15, 0.2) is 5.60 Å². The summed E-state index contributed by atoms with van der Waals surface area (Å²) in [5, 5.41) is 8.50. The molecular weight excluding hydrogens is 453 g/mol. The number of carbonyl (C=O) groups is 2. The molecule has 0 aliphatic rings. The lowest BCUT2D eigenvalue weighted by atomic mass is 10.0. The van der Waals surface area contributed by atoms with E-state index in [0.29, 0.717) is 8.04 Å². The predicted molar refractivity (Wildman–Crippen MR) is 78.9 cm³/mol. The van der Waals surface area contributed by atoms with Crippen molar-refractivity contribution >= 4 is 50.5 Å². The molecule has 0 atom stereocenters. The molecule has 0 radical (unpaired) electrons. The van der Waals surface area contributed by atoms with Gasteiger partial charge in [-0.25, -0.2) is 9.59 Å². The second kappa shape index (κ2) is 5.92. The van der Waals surface area contributed by atoms with Crippen molar-refractivity contribution < 1.29 is 28.2 Å². The molecule has 0 saturated carbocycles. The molecule has 110 valence electrons. The summed E-state index contributed by atoms with van der Waals surface area (Å²) in [5.41, 5.74) is -2.41. The van der Waals surface area contributed by atoms with E-state index in [0.717, 1.165) is 13.8 Å². The Balaban J connectivity index is 3.03.